The minimum atomic E-state index is -0.420. The minimum Gasteiger partial charge on any atom is -0.338 e. The molecule has 3 aromatic carbocycles. The number of non-ortho nitro benzene ring substituents is 1. The number of nitrogens with zero attached hydrogens (tertiary/aromatic N) is 3. The van der Waals surface area contributed by atoms with Crippen LogP contribution in [-0.2, 0) is 0 Å². The van der Waals surface area contributed by atoms with Crippen LogP contribution in [0.2, 0.25) is 0 Å². The summed E-state index contributed by atoms with van der Waals surface area (Å²) in [6, 6.07) is 20.3. The normalized spacial score (nSPS) is 11.3. The summed E-state index contributed by atoms with van der Waals surface area (Å²) >= 11 is 0. The monoisotopic (exact) mass is 355 g/mol. The van der Waals surface area contributed by atoms with Crippen molar-refractivity contribution >= 4 is 27.8 Å². The van der Waals surface area contributed by atoms with E-state index in [2.05, 4.69) is 19.9 Å². The van der Waals surface area contributed by atoms with Gasteiger partial charge in [-0.25, -0.2) is 9.97 Å². The number of benzene rings is 3. The van der Waals surface area contributed by atoms with Crippen LogP contribution in [0.5, 0.6) is 0 Å². The first-order valence-corrected chi connectivity index (χ1v) is 8.38. The largest absolute Gasteiger partial charge is 0.338 e. The Morgan fingerprint density at radius 1 is 0.741 bits per heavy atom. The molecule has 5 rings (SSSR count). The molecule has 0 spiro atoms. The first kappa shape index (κ1) is 15.3. The van der Waals surface area contributed by atoms with Crippen LogP contribution in [0.15, 0.2) is 66.7 Å². The fraction of sp³-hybridized carbons (Fsp3) is 0. The van der Waals surface area contributed by atoms with Gasteiger partial charge in [0.05, 0.1) is 27.0 Å². The maximum atomic E-state index is 11.0. The van der Waals surface area contributed by atoms with Gasteiger partial charge >= 0.3 is 0 Å². The fourth-order valence-electron chi connectivity index (χ4n) is 3.21. The van der Waals surface area contributed by atoms with Crippen molar-refractivity contribution in [3.8, 4) is 22.8 Å². The van der Waals surface area contributed by atoms with E-state index in [4.69, 9.17) is 0 Å². The molecular weight excluding hydrogens is 342 g/mol. The Labute approximate surface area is 152 Å². The molecule has 130 valence electrons. The molecule has 0 fully saturated rings. The second-order valence-electron chi connectivity index (χ2n) is 6.19. The van der Waals surface area contributed by atoms with Crippen LogP contribution in [0.1, 0.15) is 0 Å². The summed E-state index contributed by atoms with van der Waals surface area (Å²) in [5.41, 5.74) is 4.95. The summed E-state index contributed by atoms with van der Waals surface area (Å²) in [5, 5.41) is 11.0. The molecular formula is C20H13N5O2. The highest BCUT2D eigenvalue weighted by Gasteiger charge is 2.15. The molecule has 0 aliphatic rings. The highest BCUT2D eigenvalue weighted by molar-refractivity contribution is 5.87. The van der Waals surface area contributed by atoms with Crippen molar-refractivity contribution in [3.63, 3.8) is 0 Å². The molecule has 0 radical (unpaired) electrons. The molecule has 0 unspecified atom stereocenters. The molecule has 7 nitrogen and oxygen atoms in total. The lowest BCUT2D eigenvalue weighted by molar-refractivity contribution is -0.384. The van der Waals surface area contributed by atoms with Gasteiger partial charge in [-0.1, -0.05) is 36.4 Å². The number of rotatable bonds is 3. The third kappa shape index (κ3) is 2.53. The highest BCUT2D eigenvalue weighted by Crippen LogP contribution is 2.31. The van der Waals surface area contributed by atoms with E-state index >= 15 is 0 Å². The van der Waals surface area contributed by atoms with Gasteiger partial charge in [-0.2, -0.15) is 0 Å². The van der Waals surface area contributed by atoms with Crippen LogP contribution in [-0.4, -0.2) is 24.9 Å². The van der Waals surface area contributed by atoms with Crippen LogP contribution in [0.25, 0.3) is 44.8 Å². The van der Waals surface area contributed by atoms with E-state index in [0.29, 0.717) is 11.3 Å². The molecule has 2 aromatic heterocycles. The summed E-state index contributed by atoms with van der Waals surface area (Å²) in [6.45, 7) is 0. The number of hydrogen-bond acceptors (Lipinski definition) is 4. The smallest absolute Gasteiger partial charge is 0.271 e. The van der Waals surface area contributed by atoms with Gasteiger partial charge in [0.2, 0.25) is 0 Å². The topological polar surface area (TPSA) is 100 Å². The van der Waals surface area contributed by atoms with Gasteiger partial charge in [-0.05, 0) is 18.2 Å². The quantitative estimate of drug-likeness (QED) is 0.362. The second-order valence-corrected chi connectivity index (χ2v) is 6.19. The maximum absolute atomic E-state index is 11.0. The predicted octanol–water partition coefficient (Wildman–Crippen LogP) is 4.68. The summed E-state index contributed by atoms with van der Waals surface area (Å²) in [7, 11) is 0. The lowest BCUT2D eigenvalue weighted by atomic mass is 10.1. The second kappa shape index (κ2) is 5.77. The molecule has 27 heavy (non-hydrogen) atoms. The SMILES string of the molecule is O=[N+]([O-])c1ccc2[nH]c(-c3ccccc3-c3nc4ccccc4[nH]3)nc2c1. The van der Waals surface area contributed by atoms with Gasteiger partial charge in [0.1, 0.15) is 11.6 Å². The van der Waals surface area contributed by atoms with Crippen molar-refractivity contribution in [2.75, 3.05) is 0 Å². The molecule has 2 heterocycles. The van der Waals surface area contributed by atoms with E-state index in [-0.39, 0.29) is 5.69 Å². The van der Waals surface area contributed by atoms with Gasteiger partial charge < -0.3 is 9.97 Å². The Morgan fingerprint density at radius 3 is 2.00 bits per heavy atom. The Morgan fingerprint density at radius 2 is 1.33 bits per heavy atom. The van der Waals surface area contributed by atoms with Gasteiger partial charge in [0.25, 0.3) is 5.69 Å². The maximum Gasteiger partial charge on any atom is 0.271 e. The van der Waals surface area contributed by atoms with Crippen LogP contribution >= 0.6 is 0 Å². The van der Waals surface area contributed by atoms with Crippen molar-refractivity contribution < 1.29 is 4.92 Å². The fourth-order valence-corrected chi connectivity index (χ4v) is 3.21. The van der Waals surface area contributed by atoms with Crippen LogP contribution in [0.4, 0.5) is 5.69 Å². The minimum absolute atomic E-state index is 0.0196. The molecule has 0 aliphatic heterocycles. The predicted molar refractivity (Wildman–Crippen MR) is 103 cm³/mol. The standard InChI is InChI=1S/C20H13N5O2/c26-25(27)12-9-10-17-18(11-12)24-20(23-17)14-6-2-1-5-13(14)19-21-15-7-3-4-8-16(15)22-19/h1-11H,(H,21,22)(H,23,24). The first-order chi connectivity index (χ1) is 13.2. The molecule has 7 heteroatoms. The first-order valence-electron chi connectivity index (χ1n) is 8.38. The molecule has 0 amide bonds. The Balaban J connectivity index is 1.67. The van der Waals surface area contributed by atoms with Crippen LogP contribution < -0.4 is 0 Å². The van der Waals surface area contributed by atoms with Gasteiger partial charge in [0, 0.05) is 23.3 Å². The molecule has 0 bridgehead atoms. The number of nitrogens with one attached hydrogen (secondary N) is 2. The zero-order chi connectivity index (χ0) is 18.4. The van der Waals surface area contributed by atoms with E-state index in [1.165, 1.54) is 12.1 Å². The third-order valence-corrected chi connectivity index (χ3v) is 4.50. The van der Waals surface area contributed by atoms with E-state index in [0.717, 1.165) is 33.5 Å². The van der Waals surface area contributed by atoms with Crippen LogP contribution in [0, 0.1) is 10.1 Å². The van der Waals surface area contributed by atoms with Crippen molar-refractivity contribution in [3.05, 3.63) is 76.8 Å². The molecule has 0 atom stereocenters. The van der Waals surface area contributed by atoms with Crippen molar-refractivity contribution in [2.24, 2.45) is 0 Å². The average Bonchev–Trinajstić information content (AvgIpc) is 3.31. The zero-order valence-corrected chi connectivity index (χ0v) is 14.0. The highest BCUT2D eigenvalue weighted by atomic mass is 16.6. The number of hydrogen-bond donors (Lipinski definition) is 2. The number of para-hydroxylation sites is 2. The van der Waals surface area contributed by atoms with Crippen molar-refractivity contribution in [2.45, 2.75) is 0 Å². The summed E-state index contributed by atoms with van der Waals surface area (Å²) in [4.78, 5) is 26.4. The zero-order valence-electron chi connectivity index (χ0n) is 14.0. The van der Waals surface area contributed by atoms with E-state index < -0.39 is 4.92 Å². The summed E-state index contributed by atoms with van der Waals surface area (Å²) in [6.07, 6.45) is 0. The lowest BCUT2D eigenvalue weighted by Gasteiger charge is -2.04. The van der Waals surface area contributed by atoms with E-state index in [1.54, 1.807) is 6.07 Å². The van der Waals surface area contributed by atoms with Gasteiger partial charge in [-0.15, -0.1) is 0 Å². The van der Waals surface area contributed by atoms with E-state index in [9.17, 15) is 10.1 Å². The molecule has 0 aliphatic carbocycles. The molecule has 5 aromatic rings. The van der Waals surface area contributed by atoms with Crippen LogP contribution in [0.3, 0.4) is 0 Å². The summed E-state index contributed by atoms with van der Waals surface area (Å²) < 4.78 is 0. The number of imidazole rings is 2. The number of fused-ring (bicyclic) bond motifs is 2. The molecule has 0 saturated heterocycles. The van der Waals surface area contributed by atoms with E-state index in [1.807, 2.05) is 48.5 Å². The third-order valence-electron chi connectivity index (χ3n) is 4.50. The lowest BCUT2D eigenvalue weighted by Crippen LogP contribution is -1.88. The number of aromatic amines is 2. The van der Waals surface area contributed by atoms with Crippen molar-refractivity contribution in [1.82, 2.24) is 19.9 Å². The summed E-state index contributed by atoms with van der Waals surface area (Å²) in [5.74, 6) is 1.39. The number of aromatic nitrogens is 4. The number of H-pyrrole nitrogens is 2. The van der Waals surface area contributed by atoms with Gasteiger partial charge in [-0.3, -0.25) is 10.1 Å². The number of nitro benzene ring substituents is 1. The number of nitro groups is 1. The average molecular weight is 355 g/mol. The van der Waals surface area contributed by atoms with Crippen molar-refractivity contribution in [1.29, 1.82) is 0 Å². The molecule has 0 saturated carbocycles. The Kier molecular flexibility index (Phi) is 3.26. The molecule has 2 N–H and O–H groups in total. The van der Waals surface area contributed by atoms with Gasteiger partial charge in [0.15, 0.2) is 0 Å². The Hall–Kier alpha value is -4.00. The Bertz CT molecular complexity index is 1290.